The van der Waals surface area contributed by atoms with E-state index >= 15 is 0 Å². The summed E-state index contributed by atoms with van der Waals surface area (Å²) < 4.78 is 0. The second kappa shape index (κ2) is 3.39. The van der Waals surface area contributed by atoms with E-state index in [0.29, 0.717) is 0 Å². The van der Waals surface area contributed by atoms with Gasteiger partial charge in [-0.1, -0.05) is 30.3 Å². The minimum Gasteiger partial charge on any atom is -0.311 e. The van der Waals surface area contributed by atoms with Crippen molar-refractivity contribution in [1.82, 2.24) is 5.32 Å². The van der Waals surface area contributed by atoms with Crippen LogP contribution in [-0.4, -0.2) is 12.1 Å². The van der Waals surface area contributed by atoms with Crippen LogP contribution in [0.15, 0.2) is 30.3 Å². The zero-order valence-corrected chi connectivity index (χ0v) is 8.45. The summed E-state index contributed by atoms with van der Waals surface area (Å²) in [6, 6.07) is 12.6. The zero-order valence-electron chi connectivity index (χ0n) is 8.45. The summed E-state index contributed by atoms with van der Waals surface area (Å²) in [5.41, 5.74) is 1.55. The standard InChI is InChI=1S/C13H17N/c1-2-4-10(5-3-1)11-8-12-6-7-13(9-11)14-12/h1-5,11-14H,6-9H2/t11?,12-,13+. The van der Waals surface area contributed by atoms with Gasteiger partial charge in [-0.05, 0) is 37.2 Å². The highest BCUT2D eigenvalue weighted by Crippen LogP contribution is 2.36. The van der Waals surface area contributed by atoms with Gasteiger partial charge in [0, 0.05) is 12.1 Å². The molecule has 1 aromatic rings. The molecule has 14 heavy (non-hydrogen) atoms. The molecular weight excluding hydrogens is 170 g/mol. The van der Waals surface area contributed by atoms with Gasteiger partial charge in [0.1, 0.15) is 0 Å². The third-order valence-electron chi connectivity index (χ3n) is 3.74. The number of benzene rings is 1. The van der Waals surface area contributed by atoms with Crippen molar-refractivity contribution in [3.05, 3.63) is 35.9 Å². The highest BCUT2D eigenvalue weighted by molar-refractivity contribution is 5.21. The van der Waals surface area contributed by atoms with E-state index in [2.05, 4.69) is 35.6 Å². The molecule has 1 nitrogen and oxygen atoms in total. The van der Waals surface area contributed by atoms with E-state index in [1.54, 1.807) is 5.56 Å². The lowest BCUT2D eigenvalue weighted by molar-refractivity contribution is 0.363. The van der Waals surface area contributed by atoms with Crippen LogP contribution < -0.4 is 5.32 Å². The van der Waals surface area contributed by atoms with Crippen LogP contribution in [-0.2, 0) is 0 Å². The molecule has 0 saturated carbocycles. The molecule has 1 aromatic carbocycles. The van der Waals surface area contributed by atoms with Crippen LogP contribution in [0.1, 0.15) is 37.2 Å². The molecule has 3 atom stereocenters. The fourth-order valence-corrected chi connectivity index (χ4v) is 3.05. The molecule has 2 fully saturated rings. The van der Waals surface area contributed by atoms with Gasteiger partial charge in [-0.2, -0.15) is 0 Å². The summed E-state index contributed by atoms with van der Waals surface area (Å²) >= 11 is 0. The summed E-state index contributed by atoms with van der Waals surface area (Å²) in [7, 11) is 0. The average molecular weight is 187 g/mol. The second-order valence-corrected chi connectivity index (χ2v) is 4.72. The van der Waals surface area contributed by atoms with Gasteiger partial charge in [0.15, 0.2) is 0 Å². The second-order valence-electron chi connectivity index (χ2n) is 4.72. The normalized spacial score (nSPS) is 35.9. The highest BCUT2D eigenvalue weighted by Gasteiger charge is 2.33. The largest absolute Gasteiger partial charge is 0.311 e. The molecular formula is C13H17N. The number of piperidine rings is 1. The molecule has 2 heterocycles. The Hall–Kier alpha value is -0.820. The van der Waals surface area contributed by atoms with E-state index in [9.17, 15) is 0 Å². The maximum atomic E-state index is 3.69. The lowest BCUT2D eigenvalue weighted by atomic mass is 9.86. The molecule has 0 radical (unpaired) electrons. The van der Waals surface area contributed by atoms with Crippen molar-refractivity contribution in [1.29, 1.82) is 0 Å². The Bertz CT molecular complexity index is 294. The van der Waals surface area contributed by atoms with Crippen LogP contribution in [0.4, 0.5) is 0 Å². The molecule has 0 amide bonds. The Balaban J connectivity index is 1.81. The van der Waals surface area contributed by atoms with Crippen molar-refractivity contribution in [3.63, 3.8) is 0 Å². The van der Waals surface area contributed by atoms with Gasteiger partial charge in [-0.15, -0.1) is 0 Å². The topological polar surface area (TPSA) is 12.0 Å². The van der Waals surface area contributed by atoms with Crippen LogP contribution in [0.25, 0.3) is 0 Å². The highest BCUT2D eigenvalue weighted by atomic mass is 15.0. The van der Waals surface area contributed by atoms with E-state index in [0.717, 1.165) is 18.0 Å². The van der Waals surface area contributed by atoms with Crippen molar-refractivity contribution < 1.29 is 0 Å². The molecule has 1 unspecified atom stereocenters. The van der Waals surface area contributed by atoms with Gasteiger partial charge >= 0.3 is 0 Å². The first-order valence-corrected chi connectivity index (χ1v) is 5.73. The van der Waals surface area contributed by atoms with E-state index in [-0.39, 0.29) is 0 Å². The van der Waals surface area contributed by atoms with Gasteiger partial charge < -0.3 is 5.32 Å². The van der Waals surface area contributed by atoms with Crippen LogP contribution >= 0.6 is 0 Å². The first-order chi connectivity index (χ1) is 6.92. The van der Waals surface area contributed by atoms with E-state index in [1.807, 2.05) is 0 Å². The smallest absolute Gasteiger partial charge is 0.00760 e. The number of fused-ring (bicyclic) bond motifs is 2. The fourth-order valence-electron chi connectivity index (χ4n) is 3.05. The summed E-state index contributed by atoms with van der Waals surface area (Å²) in [4.78, 5) is 0. The predicted molar refractivity (Wildman–Crippen MR) is 58.4 cm³/mol. The number of hydrogen-bond donors (Lipinski definition) is 1. The number of rotatable bonds is 1. The first-order valence-electron chi connectivity index (χ1n) is 5.73. The molecule has 2 saturated heterocycles. The lowest BCUT2D eigenvalue weighted by Crippen LogP contribution is -2.37. The average Bonchev–Trinajstić information content (AvgIpc) is 2.59. The van der Waals surface area contributed by atoms with E-state index in [4.69, 9.17) is 0 Å². The first kappa shape index (κ1) is 8.49. The predicted octanol–water partition coefficient (Wildman–Crippen LogP) is 2.68. The minimum atomic E-state index is 0.805. The molecule has 1 N–H and O–H groups in total. The molecule has 1 heteroatoms. The fraction of sp³-hybridized carbons (Fsp3) is 0.538. The van der Waals surface area contributed by atoms with Gasteiger partial charge in [0.2, 0.25) is 0 Å². The zero-order chi connectivity index (χ0) is 9.38. The van der Waals surface area contributed by atoms with Gasteiger partial charge in [0.25, 0.3) is 0 Å². The summed E-state index contributed by atoms with van der Waals surface area (Å²) in [6.07, 6.45) is 5.49. The van der Waals surface area contributed by atoms with Gasteiger partial charge in [-0.3, -0.25) is 0 Å². The maximum absolute atomic E-state index is 3.69. The van der Waals surface area contributed by atoms with Crippen molar-refractivity contribution >= 4 is 0 Å². The monoisotopic (exact) mass is 187 g/mol. The Morgan fingerprint density at radius 3 is 2.21 bits per heavy atom. The summed E-state index contributed by atoms with van der Waals surface area (Å²) in [6.45, 7) is 0. The molecule has 0 aliphatic carbocycles. The SMILES string of the molecule is c1ccc(C2C[C@H]3CC[C@@H](C2)N3)cc1. The van der Waals surface area contributed by atoms with Crippen LogP contribution in [0.3, 0.4) is 0 Å². The number of nitrogens with one attached hydrogen (secondary N) is 1. The number of hydrogen-bond acceptors (Lipinski definition) is 1. The molecule has 2 bridgehead atoms. The van der Waals surface area contributed by atoms with Crippen LogP contribution in [0, 0.1) is 0 Å². The molecule has 2 aliphatic heterocycles. The lowest BCUT2D eigenvalue weighted by Gasteiger charge is -2.29. The Labute approximate surface area is 85.5 Å². The van der Waals surface area contributed by atoms with Crippen LogP contribution in [0.2, 0.25) is 0 Å². The molecule has 2 aliphatic rings. The van der Waals surface area contributed by atoms with Crippen molar-refractivity contribution in [2.75, 3.05) is 0 Å². The molecule has 0 aromatic heterocycles. The molecule has 0 spiro atoms. The summed E-state index contributed by atoms with van der Waals surface area (Å²) in [5.74, 6) is 0.815. The van der Waals surface area contributed by atoms with Gasteiger partial charge in [0.05, 0.1) is 0 Å². The van der Waals surface area contributed by atoms with Crippen molar-refractivity contribution in [2.45, 2.75) is 43.7 Å². The van der Waals surface area contributed by atoms with Crippen molar-refractivity contribution in [3.8, 4) is 0 Å². The Morgan fingerprint density at radius 1 is 0.929 bits per heavy atom. The molecule has 3 rings (SSSR count). The Kier molecular flexibility index (Phi) is 2.06. The van der Waals surface area contributed by atoms with Crippen molar-refractivity contribution in [2.24, 2.45) is 0 Å². The minimum absolute atomic E-state index is 0.805. The quantitative estimate of drug-likeness (QED) is 0.712. The molecule has 74 valence electrons. The Morgan fingerprint density at radius 2 is 1.57 bits per heavy atom. The van der Waals surface area contributed by atoms with E-state index in [1.165, 1.54) is 25.7 Å². The third kappa shape index (κ3) is 1.46. The van der Waals surface area contributed by atoms with E-state index < -0.39 is 0 Å². The van der Waals surface area contributed by atoms with Gasteiger partial charge in [-0.25, -0.2) is 0 Å². The third-order valence-corrected chi connectivity index (χ3v) is 3.74. The van der Waals surface area contributed by atoms with Crippen LogP contribution in [0.5, 0.6) is 0 Å². The maximum Gasteiger partial charge on any atom is 0.00760 e. The summed E-state index contributed by atoms with van der Waals surface area (Å²) in [5, 5.41) is 3.69.